The number of benzene rings is 2. The van der Waals surface area contributed by atoms with E-state index in [0.717, 1.165) is 39.9 Å². The Bertz CT molecular complexity index is 1050. The molecule has 0 spiro atoms. The first-order valence-electron chi connectivity index (χ1n) is 9.74. The molecule has 4 nitrogen and oxygen atoms in total. The van der Waals surface area contributed by atoms with Crippen LogP contribution in [0.2, 0.25) is 0 Å². The number of rotatable bonds is 9. The molecule has 0 bridgehead atoms. The number of fused-ring (bicyclic) bond motifs is 1. The monoisotopic (exact) mass is 407 g/mol. The van der Waals surface area contributed by atoms with Gasteiger partial charge >= 0.3 is 0 Å². The number of ether oxygens (including phenoxy) is 1. The quantitative estimate of drug-likeness (QED) is 0.378. The van der Waals surface area contributed by atoms with Crippen LogP contribution in [0.1, 0.15) is 12.5 Å². The predicted octanol–water partition coefficient (Wildman–Crippen LogP) is 5.12. The van der Waals surface area contributed by atoms with Gasteiger partial charge in [0.15, 0.2) is 0 Å². The van der Waals surface area contributed by atoms with Crippen molar-refractivity contribution in [1.29, 1.82) is 0 Å². The summed E-state index contributed by atoms with van der Waals surface area (Å²) in [6.07, 6.45) is 4.48. The first-order chi connectivity index (χ1) is 14.1. The third-order valence-corrected chi connectivity index (χ3v) is 5.78. The number of hydrogen-bond donors (Lipinski definition) is 2. The molecule has 1 atom stereocenters. The molecular weight excluding hydrogens is 382 g/mol. The summed E-state index contributed by atoms with van der Waals surface area (Å²) in [5, 5.41) is 17.2. The predicted molar refractivity (Wildman–Crippen MR) is 119 cm³/mol. The van der Waals surface area contributed by atoms with Gasteiger partial charge in [-0.15, -0.1) is 11.3 Å². The highest BCUT2D eigenvalue weighted by molar-refractivity contribution is 7.17. The molecule has 5 heteroatoms. The molecule has 2 aromatic carbocycles. The highest BCUT2D eigenvalue weighted by Crippen LogP contribution is 2.35. The van der Waals surface area contributed by atoms with E-state index in [1.54, 1.807) is 30.8 Å². The Balaban J connectivity index is 1.30. The maximum absolute atomic E-state index is 10.6. The van der Waals surface area contributed by atoms with E-state index in [2.05, 4.69) is 28.9 Å². The fourth-order valence-corrected chi connectivity index (χ4v) is 4.16. The summed E-state index contributed by atoms with van der Waals surface area (Å²) in [5.74, 6) is 0.745. The molecule has 0 fully saturated rings. The van der Waals surface area contributed by atoms with Gasteiger partial charge in [-0.1, -0.05) is 42.5 Å². The maximum atomic E-state index is 10.6. The summed E-state index contributed by atoms with van der Waals surface area (Å²) in [6.45, 7) is 3.30. The topological polar surface area (TPSA) is 54.6 Å². The Morgan fingerprint density at radius 1 is 1.10 bits per heavy atom. The second-order valence-electron chi connectivity index (χ2n) is 7.52. The van der Waals surface area contributed by atoms with Crippen LogP contribution in [0.4, 0.5) is 0 Å². The van der Waals surface area contributed by atoms with E-state index in [1.165, 1.54) is 5.56 Å². The lowest BCUT2D eigenvalue weighted by Gasteiger charge is -2.24. The molecule has 0 aliphatic rings. The van der Waals surface area contributed by atoms with Crippen molar-refractivity contribution in [2.24, 2.45) is 0 Å². The van der Waals surface area contributed by atoms with Gasteiger partial charge in [-0.3, -0.25) is 0 Å². The first kappa shape index (κ1) is 19.7. The summed E-state index contributed by atoms with van der Waals surface area (Å²) in [5.41, 5.74) is 2.55. The molecule has 0 aliphatic heterocycles. The van der Waals surface area contributed by atoms with Gasteiger partial charge in [-0.25, -0.2) is 0 Å². The van der Waals surface area contributed by atoms with Gasteiger partial charge in [-0.2, -0.15) is 0 Å². The van der Waals surface area contributed by atoms with Crippen molar-refractivity contribution in [2.75, 3.05) is 19.7 Å². The van der Waals surface area contributed by atoms with Gasteiger partial charge < -0.3 is 19.6 Å². The molecule has 0 aliphatic carbocycles. The third-order valence-electron chi connectivity index (χ3n) is 4.85. The Hall–Kier alpha value is -2.60. The van der Waals surface area contributed by atoms with Crippen molar-refractivity contribution in [3.05, 3.63) is 78.1 Å². The normalized spacial score (nSPS) is 13.4. The summed E-state index contributed by atoms with van der Waals surface area (Å²) < 4.78 is 12.3. The average molecular weight is 408 g/mol. The summed E-state index contributed by atoms with van der Waals surface area (Å²) in [4.78, 5) is 0. The number of nitrogens with one attached hydrogen (secondary N) is 1. The Morgan fingerprint density at radius 2 is 1.97 bits per heavy atom. The van der Waals surface area contributed by atoms with Crippen LogP contribution < -0.4 is 10.1 Å². The molecule has 0 unspecified atom stereocenters. The van der Waals surface area contributed by atoms with Gasteiger partial charge in [0.1, 0.15) is 24.2 Å². The van der Waals surface area contributed by atoms with E-state index in [0.29, 0.717) is 6.54 Å². The average Bonchev–Trinajstić information content (AvgIpc) is 3.35. The van der Waals surface area contributed by atoms with Crippen LogP contribution in [-0.2, 0) is 6.42 Å². The molecule has 0 radical (unpaired) electrons. The molecule has 0 amide bonds. The Kier molecular flexibility index (Phi) is 6.00. The van der Waals surface area contributed by atoms with Crippen LogP contribution in [0.3, 0.4) is 0 Å². The summed E-state index contributed by atoms with van der Waals surface area (Å²) in [6, 6.07) is 18.3. The van der Waals surface area contributed by atoms with Crippen molar-refractivity contribution in [3.63, 3.8) is 0 Å². The molecule has 2 heterocycles. The van der Waals surface area contributed by atoms with Gasteiger partial charge in [0, 0.05) is 22.9 Å². The number of thiophene rings is 1. The molecule has 2 N–H and O–H groups in total. The molecule has 29 heavy (non-hydrogen) atoms. The molecule has 0 saturated carbocycles. The van der Waals surface area contributed by atoms with Crippen LogP contribution in [0.15, 0.2) is 76.9 Å². The zero-order valence-corrected chi connectivity index (χ0v) is 17.2. The van der Waals surface area contributed by atoms with E-state index in [1.807, 2.05) is 36.4 Å². The molecule has 4 aromatic rings. The van der Waals surface area contributed by atoms with Crippen molar-refractivity contribution in [3.8, 4) is 16.9 Å². The Labute approximate surface area is 174 Å². The summed E-state index contributed by atoms with van der Waals surface area (Å²) >= 11 is 1.67. The van der Waals surface area contributed by atoms with Gasteiger partial charge in [0.2, 0.25) is 0 Å². The lowest BCUT2D eigenvalue weighted by Crippen LogP contribution is -2.43. The van der Waals surface area contributed by atoms with E-state index in [9.17, 15) is 5.11 Å². The minimum Gasteiger partial charge on any atom is -0.491 e. The standard InChI is InChI=1S/C24H25NO3S/c1-24(26,16-25-11-10-18-6-3-2-4-7-18)17-28-20-9-5-8-19(12-20)22-15-29-23-14-27-13-21(22)23/h2-9,12-15,25-26H,10-11,16-17H2,1H3/t24-/m0/s1. The fourth-order valence-electron chi connectivity index (χ4n) is 3.26. The maximum Gasteiger partial charge on any atom is 0.120 e. The van der Waals surface area contributed by atoms with Crippen molar-refractivity contribution in [2.45, 2.75) is 18.9 Å². The lowest BCUT2D eigenvalue weighted by atomic mass is 10.1. The highest BCUT2D eigenvalue weighted by Gasteiger charge is 2.21. The fraction of sp³-hybridized carbons (Fsp3) is 0.250. The first-order valence-corrected chi connectivity index (χ1v) is 10.6. The van der Waals surface area contributed by atoms with E-state index >= 15 is 0 Å². The number of aliphatic hydroxyl groups is 1. The van der Waals surface area contributed by atoms with Crippen LogP contribution in [0.5, 0.6) is 5.75 Å². The zero-order chi connectivity index (χ0) is 20.1. The van der Waals surface area contributed by atoms with Crippen LogP contribution >= 0.6 is 11.3 Å². The zero-order valence-electron chi connectivity index (χ0n) is 16.4. The SMILES string of the molecule is C[C@](O)(CNCCc1ccccc1)COc1cccc(-c2csc3cocc23)c1. The molecule has 0 saturated heterocycles. The smallest absolute Gasteiger partial charge is 0.120 e. The van der Waals surface area contributed by atoms with E-state index < -0.39 is 5.60 Å². The molecular formula is C24H25NO3S. The molecule has 2 aromatic heterocycles. The third kappa shape index (κ3) is 5.07. The molecule has 4 rings (SSSR count). The van der Waals surface area contributed by atoms with Crippen molar-refractivity contribution < 1.29 is 14.3 Å². The van der Waals surface area contributed by atoms with Gasteiger partial charge in [0.05, 0.1) is 11.0 Å². The minimum atomic E-state index is -0.951. The highest BCUT2D eigenvalue weighted by atomic mass is 32.1. The summed E-state index contributed by atoms with van der Waals surface area (Å²) in [7, 11) is 0. The van der Waals surface area contributed by atoms with Gasteiger partial charge in [0.25, 0.3) is 0 Å². The Morgan fingerprint density at radius 3 is 2.83 bits per heavy atom. The number of hydrogen-bond acceptors (Lipinski definition) is 5. The van der Waals surface area contributed by atoms with Crippen molar-refractivity contribution in [1.82, 2.24) is 5.32 Å². The minimum absolute atomic E-state index is 0.222. The largest absolute Gasteiger partial charge is 0.491 e. The lowest BCUT2D eigenvalue weighted by molar-refractivity contribution is 0.0125. The van der Waals surface area contributed by atoms with Crippen molar-refractivity contribution >= 4 is 21.4 Å². The second kappa shape index (κ2) is 8.82. The second-order valence-corrected chi connectivity index (χ2v) is 8.44. The van der Waals surface area contributed by atoms with Crippen LogP contribution in [-0.4, -0.2) is 30.4 Å². The van der Waals surface area contributed by atoms with E-state index in [4.69, 9.17) is 9.15 Å². The van der Waals surface area contributed by atoms with Crippen LogP contribution in [0.25, 0.3) is 21.2 Å². The molecule has 150 valence electrons. The van der Waals surface area contributed by atoms with Crippen LogP contribution in [0, 0.1) is 0 Å². The number of furan rings is 1. The van der Waals surface area contributed by atoms with E-state index in [-0.39, 0.29) is 6.61 Å². The van der Waals surface area contributed by atoms with Gasteiger partial charge in [-0.05, 0) is 43.1 Å².